The molecule has 0 bridgehead atoms. The second-order valence-electron chi connectivity index (χ2n) is 4.50. The van der Waals surface area contributed by atoms with Crippen LogP contribution >= 0.6 is 15.9 Å². The Kier molecular flexibility index (Phi) is 4.80. The summed E-state index contributed by atoms with van der Waals surface area (Å²) in [7, 11) is 0. The van der Waals surface area contributed by atoms with Crippen molar-refractivity contribution in [3.63, 3.8) is 0 Å². The van der Waals surface area contributed by atoms with E-state index in [4.69, 9.17) is 10.2 Å². The molecule has 0 radical (unpaired) electrons. The molecule has 0 saturated heterocycles. The molecule has 0 spiro atoms. The van der Waals surface area contributed by atoms with E-state index in [1.165, 1.54) is 0 Å². The molecule has 3 N–H and O–H groups in total. The van der Waals surface area contributed by atoms with Crippen molar-refractivity contribution in [1.82, 2.24) is 0 Å². The van der Waals surface area contributed by atoms with Crippen molar-refractivity contribution in [3.8, 4) is 0 Å². The number of halogens is 1. The SMILES string of the molecule is CCc1ccc(C(O)C(CN)c2cccc(Br)c2)o1. The van der Waals surface area contributed by atoms with Crippen molar-refractivity contribution >= 4 is 15.9 Å². The standard InChI is InChI=1S/C15H18BrNO2/c1-2-12-6-7-14(19-12)15(18)13(9-17)10-4-3-5-11(16)8-10/h3-8,13,15,18H,2,9,17H2,1H3. The molecular weight excluding hydrogens is 306 g/mol. The molecule has 0 aliphatic carbocycles. The van der Waals surface area contributed by atoms with E-state index in [1.807, 2.05) is 43.3 Å². The van der Waals surface area contributed by atoms with Crippen LogP contribution in [0.3, 0.4) is 0 Å². The summed E-state index contributed by atoms with van der Waals surface area (Å²) in [5, 5.41) is 10.4. The predicted molar refractivity (Wildman–Crippen MR) is 79.0 cm³/mol. The molecule has 0 fully saturated rings. The van der Waals surface area contributed by atoms with E-state index in [0.29, 0.717) is 12.3 Å². The fraction of sp³-hybridized carbons (Fsp3) is 0.333. The lowest BCUT2D eigenvalue weighted by molar-refractivity contribution is 0.120. The number of aliphatic hydroxyl groups is 1. The first kappa shape index (κ1) is 14.3. The molecule has 2 rings (SSSR count). The van der Waals surface area contributed by atoms with Crippen molar-refractivity contribution in [2.75, 3.05) is 6.54 Å². The topological polar surface area (TPSA) is 59.4 Å². The van der Waals surface area contributed by atoms with Crippen LogP contribution in [-0.2, 0) is 6.42 Å². The summed E-state index contributed by atoms with van der Waals surface area (Å²) >= 11 is 3.43. The summed E-state index contributed by atoms with van der Waals surface area (Å²) in [4.78, 5) is 0. The third-order valence-corrected chi connectivity index (χ3v) is 3.73. The van der Waals surface area contributed by atoms with E-state index in [9.17, 15) is 5.11 Å². The van der Waals surface area contributed by atoms with Crippen LogP contribution in [0.1, 0.15) is 36.0 Å². The number of aliphatic hydroxyl groups excluding tert-OH is 1. The van der Waals surface area contributed by atoms with E-state index >= 15 is 0 Å². The molecule has 0 aliphatic rings. The summed E-state index contributed by atoms with van der Waals surface area (Å²) in [6.07, 6.45) is 0.0938. The average molecular weight is 324 g/mol. The largest absolute Gasteiger partial charge is 0.463 e. The molecule has 2 unspecified atom stereocenters. The van der Waals surface area contributed by atoms with Gasteiger partial charge in [0.2, 0.25) is 0 Å². The van der Waals surface area contributed by atoms with Crippen molar-refractivity contribution < 1.29 is 9.52 Å². The molecule has 102 valence electrons. The van der Waals surface area contributed by atoms with Gasteiger partial charge in [-0.25, -0.2) is 0 Å². The Bertz CT molecular complexity index is 538. The van der Waals surface area contributed by atoms with Crippen LogP contribution in [0.2, 0.25) is 0 Å². The smallest absolute Gasteiger partial charge is 0.133 e. The molecule has 1 aromatic heterocycles. The quantitative estimate of drug-likeness (QED) is 0.886. The number of nitrogens with two attached hydrogens (primary N) is 1. The number of furan rings is 1. The third-order valence-electron chi connectivity index (χ3n) is 3.23. The zero-order valence-electron chi connectivity index (χ0n) is 10.8. The molecule has 1 heterocycles. The van der Waals surface area contributed by atoms with Gasteiger partial charge in [-0.05, 0) is 29.8 Å². The summed E-state index contributed by atoms with van der Waals surface area (Å²) < 4.78 is 6.59. The summed E-state index contributed by atoms with van der Waals surface area (Å²) in [6, 6.07) is 11.6. The third kappa shape index (κ3) is 3.26. The van der Waals surface area contributed by atoms with Gasteiger partial charge in [-0.2, -0.15) is 0 Å². The monoisotopic (exact) mass is 323 g/mol. The Hall–Kier alpha value is -1.10. The Morgan fingerprint density at radius 2 is 2.11 bits per heavy atom. The van der Waals surface area contributed by atoms with Gasteiger partial charge in [-0.15, -0.1) is 0 Å². The second kappa shape index (κ2) is 6.37. The maximum atomic E-state index is 10.4. The highest BCUT2D eigenvalue weighted by Crippen LogP contribution is 2.32. The van der Waals surface area contributed by atoms with Gasteiger partial charge in [0.1, 0.15) is 17.6 Å². The summed E-state index contributed by atoms with van der Waals surface area (Å²) in [5.41, 5.74) is 6.81. The van der Waals surface area contributed by atoms with Crippen LogP contribution in [0.25, 0.3) is 0 Å². The lowest BCUT2D eigenvalue weighted by Gasteiger charge is -2.20. The Balaban J connectivity index is 2.26. The second-order valence-corrected chi connectivity index (χ2v) is 5.42. The average Bonchev–Trinajstić information content (AvgIpc) is 2.88. The zero-order valence-corrected chi connectivity index (χ0v) is 12.4. The van der Waals surface area contributed by atoms with Gasteiger partial charge in [-0.1, -0.05) is 35.0 Å². The minimum atomic E-state index is -0.723. The van der Waals surface area contributed by atoms with Gasteiger partial charge in [-0.3, -0.25) is 0 Å². The van der Waals surface area contributed by atoms with Crippen LogP contribution in [0.5, 0.6) is 0 Å². The fourth-order valence-corrected chi connectivity index (χ4v) is 2.54. The number of rotatable bonds is 5. The normalized spacial score (nSPS) is 14.3. The highest BCUT2D eigenvalue weighted by atomic mass is 79.9. The molecule has 0 saturated carbocycles. The highest BCUT2D eigenvalue weighted by molar-refractivity contribution is 9.10. The molecule has 2 aromatic rings. The molecule has 2 atom stereocenters. The van der Waals surface area contributed by atoms with Gasteiger partial charge < -0.3 is 15.3 Å². The first-order valence-corrected chi connectivity index (χ1v) is 7.17. The lowest BCUT2D eigenvalue weighted by atomic mass is 9.92. The minimum Gasteiger partial charge on any atom is -0.463 e. The van der Waals surface area contributed by atoms with Crippen LogP contribution < -0.4 is 5.73 Å². The molecule has 0 amide bonds. The number of benzene rings is 1. The van der Waals surface area contributed by atoms with Crippen LogP contribution in [0.4, 0.5) is 0 Å². The Morgan fingerprint density at radius 1 is 1.32 bits per heavy atom. The van der Waals surface area contributed by atoms with E-state index in [-0.39, 0.29) is 5.92 Å². The maximum Gasteiger partial charge on any atom is 0.133 e. The van der Waals surface area contributed by atoms with E-state index in [2.05, 4.69) is 15.9 Å². The van der Waals surface area contributed by atoms with Gasteiger partial charge >= 0.3 is 0 Å². The van der Waals surface area contributed by atoms with Crippen LogP contribution in [0.15, 0.2) is 45.3 Å². The van der Waals surface area contributed by atoms with Crippen LogP contribution in [-0.4, -0.2) is 11.7 Å². The molecular formula is C15H18BrNO2. The number of aryl methyl sites for hydroxylation is 1. The lowest BCUT2D eigenvalue weighted by Crippen LogP contribution is -2.19. The molecule has 0 aliphatic heterocycles. The first-order chi connectivity index (χ1) is 9.15. The van der Waals surface area contributed by atoms with E-state index < -0.39 is 6.10 Å². The summed E-state index contributed by atoms with van der Waals surface area (Å²) in [5.74, 6) is 1.28. The molecule has 19 heavy (non-hydrogen) atoms. The highest BCUT2D eigenvalue weighted by Gasteiger charge is 2.24. The minimum absolute atomic E-state index is 0.173. The molecule has 4 heteroatoms. The Labute approximate surface area is 121 Å². The van der Waals surface area contributed by atoms with E-state index in [0.717, 1.165) is 22.2 Å². The van der Waals surface area contributed by atoms with Gasteiger partial charge in [0.05, 0.1) is 0 Å². The predicted octanol–water partition coefficient (Wildman–Crippen LogP) is 3.38. The first-order valence-electron chi connectivity index (χ1n) is 6.38. The maximum absolute atomic E-state index is 10.4. The van der Waals surface area contributed by atoms with Gasteiger partial charge in [0, 0.05) is 23.4 Å². The van der Waals surface area contributed by atoms with E-state index in [1.54, 1.807) is 0 Å². The fourth-order valence-electron chi connectivity index (χ4n) is 2.13. The molecule has 3 nitrogen and oxygen atoms in total. The molecule has 1 aromatic carbocycles. The van der Waals surface area contributed by atoms with Gasteiger partial charge in [0.15, 0.2) is 0 Å². The number of hydrogen-bond acceptors (Lipinski definition) is 3. The van der Waals surface area contributed by atoms with Gasteiger partial charge in [0.25, 0.3) is 0 Å². The van der Waals surface area contributed by atoms with Crippen molar-refractivity contribution in [2.24, 2.45) is 5.73 Å². The van der Waals surface area contributed by atoms with Crippen molar-refractivity contribution in [2.45, 2.75) is 25.4 Å². The van der Waals surface area contributed by atoms with Crippen LogP contribution in [0, 0.1) is 0 Å². The zero-order chi connectivity index (χ0) is 13.8. The van der Waals surface area contributed by atoms with Crippen molar-refractivity contribution in [3.05, 3.63) is 58.0 Å². The number of hydrogen-bond donors (Lipinski definition) is 2. The Morgan fingerprint density at radius 3 is 2.68 bits per heavy atom. The van der Waals surface area contributed by atoms with Crippen molar-refractivity contribution in [1.29, 1.82) is 0 Å². The summed E-state index contributed by atoms with van der Waals surface area (Å²) in [6.45, 7) is 2.38.